The van der Waals surface area contributed by atoms with E-state index in [1.807, 2.05) is 23.9 Å². The van der Waals surface area contributed by atoms with Gasteiger partial charge in [-0.05, 0) is 45.2 Å². The van der Waals surface area contributed by atoms with Crippen molar-refractivity contribution in [3.05, 3.63) is 18.5 Å². The summed E-state index contributed by atoms with van der Waals surface area (Å²) in [6.07, 6.45) is 7.51. The van der Waals surface area contributed by atoms with Crippen LogP contribution in [0.4, 0.5) is 0 Å². The van der Waals surface area contributed by atoms with E-state index in [2.05, 4.69) is 10.00 Å². The van der Waals surface area contributed by atoms with E-state index in [1.165, 1.54) is 0 Å². The van der Waals surface area contributed by atoms with Crippen molar-refractivity contribution in [3.63, 3.8) is 0 Å². The van der Waals surface area contributed by atoms with Gasteiger partial charge in [0.1, 0.15) is 5.54 Å². The molecule has 1 fully saturated rings. The second kappa shape index (κ2) is 5.52. The van der Waals surface area contributed by atoms with Crippen LogP contribution in [0.2, 0.25) is 0 Å². The van der Waals surface area contributed by atoms with Gasteiger partial charge < -0.3 is 5.11 Å². The van der Waals surface area contributed by atoms with Gasteiger partial charge in [-0.2, -0.15) is 5.10 Å². The van der Waals surface area contributed by atoms with Crippen molar-refractivity contribution in [3.8, 4) is 0 Å². The molecule has 2 rings (SSSR count). The molecule has 0 saturated carbocycles. The number of carbonyl (C=O) groups is 1. The third-order valence-corrected chi connectivity index (χ3v) is 3.87. The molecule has 0 spiro atoms. The SMILES string of the molecule is C[C@]1(C(=O)O)CCCCN1CCCn1cccn1. The summed E-state index contributed by atoms with van der Waals surface area (Å²) >= 11 is 0. The summed E-state index contributed by atoms with van der Waals surface area (Å²) in [5.74, 6) is -0.693. The van der Waals surface area contributed by atoms with Crippen molar-refractivity contribution in [1.82, 2.24) is 14.7 Å². The Hall–Kier alpha value is -1.36. The fourth-order valence-electron chi connectivity index (χ4n) is 2.63. The minimum atomic E-state index is -0.693. The van der Waals surface area contributed by atoms with E-state index in [9.17, 15) is 9.90 Å². The fraction of sp³-hybridized carbons (Fsp3) is 0.692. The first kappa shape index (κ1) is 13.1. The molecule has 1 atom stereocenters. The molecule has 0 bridgehead atoms. The zero-order chi connectivity index (χ0) is 13.0. The lowest BCUT2D eigenvalue weighted by Gasteiger charge is -2.41. The molecule has 0 unspecified atom stereocenters. The number of hydrogen-bond donors (Lipinski definition) is 1. The number of carboxylic acid groups (broad SMARTS) is 1. The lowest BCUT2D eigenvalue weighted by atomic mass is 9.88. The van der Waals surface area contributed by atoms with Gasteiger partial charge in [0.15, 0.2) is 0 Å². The summed E-state index contributed by atoms with van der Waals surface area (Å²) in [7, 11) is 0. The molecular formula is C13H21N3O2. The van der Waals surface area contributed by atoms with Gasteiger partial charge in [-0.25, -0.2) is 0 Å². The maximum atomic E-state index is 11.4. The second-order valence-corrected chi connectivity index (χ2v) is 5.15. The third-order valence-electron chi connectivity index (χ3n) is 3.87. The lowest BCUT2D eigenvalue weighted by molar-refractivity contribution is -0.153. The van der Waals surface area contributed by atoms with E-state index in [-0.39, 0.29) is 0 Å². The van der Waals surface area contributed by atoms with Crippen LogP contribution in [-0.2, 0) is 11.3 Å². The average molecular weight is 251 g/mol. The van der Waals surface area contributed by atoms with Crippen molar-refractivity contribution in [1.29, 1.82) is 0 Å². The Morgan fingerprint density at radius 3 is 2.94 bits per heavy atom. The van der Waals surface area contributed by atoms with E-state index in [1.54, 1.807) is 6.20 Å². The van der Waals surface area contributed by atoms with Crippen LogP contribution in [-0.4, -0.2) is 44.4 Å². The highest BCUT2D eigenvalue weighted by atomic mass is 16.4. The Kier molecular flexibility index (Phi) is 4.01. The Morgan fingerprint density at radius 1 is 1.44 bits per heavy atom. The largest absolute Gasteiger partial charge is 0.480 e. The van der Waals surface area contributed by atoms with Gasteiger partial charge in [0.05, 0.1) is 0 Å². The highest BCUT2D eigenvalue weighted by molar-refractivity contribution is 5.78. The van der Waals surface area contributed by atoms with Crippen LogP contribution in [0, 0.1) is 0 Å². The molecule has 1 aromatic heterocycles. The highest BCUT2D eigenvalue weighted by Gasteiger charge is 2.40. The minimum Gasteiger partial charge on any atom is -0.480 e. The molecule has 1 saturated heterocycles. The van der Waals surface area contributed by atoms with Crippen molar-refractivity contribution >= 4 is 5.97 Å². The van der Waals surface area contributed by atoms with Crippen LogP contribution >= 0.6 is 0 Å². The standard InChI is InChI=1S/C13H21N3O2/c1-13(12(17)18)6-2-3-8-15(13)9-5-11-16-10-4-7-14-16/h4,7,10H,2-3,5-6,8-9,11H2,1H3,(H,17,18)/t13-/m1/s1. The topological polar surface area (TPSA) is 58.4 Å². The molecule has 1 aliphatic rings. The second-order valence-electron chi connectivity index (χ2n) is 5.15. The quantitative estimate of drug-likeness (QED) is 0.863. The number of carboxylic acids is 1. The van der Waals surface area contributed by atoms with Crippen LogP contribution in [0.1, 0.15) is 32.6 Å². The first-order valence-corrected chi connectivity index (χ1v) is 6.59. The van der Waals surface area contributed by atoms with Gasteiger partial charge in [0.2, 0.25) is 0 Å². The van der Waals surface area contributed by atoms with Gasteiger partial charge in [-0.3, -0.25) is 14.4 Å². The van der Waals surface area contributed by atoms with E-state index >= 15 is 0 Å². The van der Waals surface area contributed by atoms with E-state index in [4.69, 9.17) is 0 Å². The number of aryl methyl sites for hydroxylation is 1. The number of nitrogens with zero attached hydrogens (tertiary/aromatic N) is 3. The summed E-state index contributed by atoms with van der Waals surface area (Å²) in [6.45, 7) is 4.41. The third kappa shape index (κ3) is 2.72. The Bertz CT molecular complexity index is 391. The normalized spacial score (nSPS) is 25.2. The fourth-order valence-corrected chi connectivity index (χ4v) is 2.63. The molecule has 1 N–H and O–H groups in total. The maximum Gasteiger partial charge on any atom is 0.323 e. The predicted molar refractivity (Wildman–Crippen MR) is 68.3 cm³/mol. The van der Waals surface area contributed by atoms with Crippen LogP contribution in [0.15, 0.2) is 18.5 Å². The van der Waals surface area contributed by atoms with Crippen LogP contribution in [0.5, 0.6) is 0 Å². The van der Waals surface area contributed by atoms with E-state index in [0.29, 0.717) is 0 Å². The molecule has 0 amide bonds. The Morgan fingerprint density at radius 2 is 2.28 bits per heavy atom. The van der Waals surface area contributed by atoms with Crippen molar-refractivity contribution < 1.29 is 9.90 Å². The summed E-state index contributed by atoms with van der Waals surface area (Å²) in [5.41, 5.74) is -0.678. The molecule has 1 aliphatic heterocycles. The molecule has 0 radical (unpaired) electrons. The Labute approximate surface area is 107 Å². The molecule has 5 heteroatoms. The number of aliphatic carboxylic acids is 1. The van der Waals surface area contributed by atoms with Gasteiger partial charge in [0, 0.05) is 25.5 Å². The maximum absolute atomic E-state index is 11.4. The molecule has 100 valence electrons. The Balaban J connectivity index is 1.88. The van der Waals surface area contributed by atoms with E-state index in [0.717, 1.165) is 45.3 Å². The molecule has 5 nitrogen and oxygen atoms in total. The summed E-state index contributed by atoms with van der Waals surface area (Å²) in [4.78, 5) is 13.5. The molecule has 0 aromatic carbocycles. The van der Waals surface area contributed by atoms with Crippen LogP contribution in [0.3, 0.4) is 0 Å². The van der Waals surface area contributed by atoms with Crippen molar-refractivity contribution in [2.45, 2.75) is 44.7 Å². The van der Waals surface area contributed by atoms with Crippen LogP contribution in [0.25, 0.3) is 0 Å². The lowest BCUT2D eigenvalue weighted by Crippen LogP contribution is -2.55. The van der Waals surface area contributed by atoms with Crippen molar-refractivity contribution in [2.24, 2.45) is 0 Å². The number of rotatable bonds is 5. The van der Waals surface area contributed by atoms with Crippen LogP contribution < -0.4 is 0 Å². The zero-order valence-corrected chi connectivity index (χ0v) is 10.9. The average Bonchev–Trinajstić information content (AvgIpc) is 2.84. The minimum absolute atomic E-state index is 0.678. The predicted octanol–water partition coefficient (Wildman–Crippen LogP) is 1.60. The monoisotopic (exact) mass is 251 g/mol. The van der Waals surface area contributed by atoms with Gasteiger partial charge in [-0.1, -0.05) is 0 Å². The number of aromatic nitrogens is 2. The van der Waals surface area contributed by atoms with Gasteiger partial charge >= 0.3 is 5.97 Å². The summed E-state index contributed by atoms with van der Waals surface area (Å²) in [5, 5.41) is 13.5. The number of likely N-dealkylation sites (tertiary alicyclic amines) is 1. The van der Waals surface area contributed by atoms with Crippen molar-refractivity contribution in [2.75, 3.05) is 13.1 Å². The first-order valence-electron chi connectivity index (χ1n) is 6.59. The number of hydrogen-bond acceptors (Lipinski definition) is 3. The smallest absolute Gasteiger partial charge is 0.323 e. The molecule has 1 aromatic rings. The highest BCUT2D eigenvalue weighted by Crippen LogP contribution is 2.28. The molecule has 18 heavy (non-hydrogen) atoms. The van der Waals surface area contributed by atoms with E-state index < -0.39 is 11.5 Å². The first-order chi connectivity index (χ1) is 8.63. The molecule has 2 heterocycles. The van der Waals surface area contributed by atoms with Gasteiger partial charge in [0.25, 0.3) is 0 Å². The molecular weight excluding hydrogens is 230 g/mol. The zero-order valence-electron chi connectivity index (χ0n) is 10.9. The summed E-state index contributed by atoms with van der Waals surface area (Å²) < 4.78 is 1.89. The molecule has 0 aliphatic carbocycles. The number of piperidine rings is 1. The summed E-state index contributed by atoms with van der Waals surface area (Å²) in [6, 6.07) is 1.91. The van der Waals surface area contributed by atoms with Gasteiger partial charge in [-0.15, -0.1) is 0 Å².